The maximum Gasteiger partial charge on any atom is 0.270 e. The first kappa shape index (κ1) is 15.9. The minimum atomic E-state index is -0.0877. The first-order valence-corrected chi connectivity index (χ1v) is 8.47. The number of pyridine rings is 1. The normalized spacial score (nSPS) is 16.5. The zero-order chi connectivity index (χ0) is 16.6. The molecule has 1 aliphatic rings. The molecule has 1 amide bonds. The number of amides is 1. The monoisotopic (exact) mass is 340 g/mol. The average Bonchev–Trinajstić information content (AvgIpc) is 2.74. The highest BCUT2D eigenvalue weighted by Crippen LogP contribution is 2.37. The van der Waals surface area contributed by atoms with Crippen molar-refractivity contribution in [2.75, 3.05) is 4.90 Å². The number of benzene rings is 1. The van der Waals surface area contributed by atoms with E-state index in [9.17, 15) is 4.79 Å². The molecule has 0 atom stereocenters. The van der Waals surface area contributed by atoms with Crippen LogP contribution in [-0.2, 0) is 4.79 Å². The zero-order valence-corrected chi connectivity index (χ0v) is 14.8. The molecule has 0 spiro atoms. The molecule has 0 aliphatic carbocycles. The largest absolute Gasteiger partial charge is 0.270 e. The van der Waals surface area contributed by atoms with E-state index in [0.717, 1.165) is 28.2 Å². The van der Waals surface area contributed by atoms with Crippen molar-refractivity contribution in [2.45, 2.75) is 20.8 Å². The van der Waals surface area contributed by atoms with Gasteiger partial charge in [0.2, 0.25) is 0 Å². The highest BCUT2D eigenvalue weighted by molar-refractivity contribution is 8.27. The van der Waals surface area contributed by atoms with Crippen LogP contribution in [-0.4, -0.2) is 15.2 Å². The Bertz CT molecular complexity index is 843. The summed E-state index contributed by atoms with van der Waals surface area (Å²) in [6, 6.07) is 11.7. The van der Waals surface area contributed by atoms with Gasteiger partial charge in [0.15, 0.2) is 4.32 Å². The Morgan fingerprint density at radius 1 is 1.17 bits per heavy atom. The molecule has 0 saturated carbocycles. The third-order valence-corrected chi connectivity index (χ3v) is 4.88. The number of anilines is 1. The molecule has 0 radical (unpaired) electrons. The Hall–Kier alpha value is -1.98. The number of aromatic nitrogens is 1. The summed E-state index contributed by atoms with van der Waals surface area (Å²) in [6.07, 6.45) is 1.80. The highest BCUT2D eigenvalue weighted by atomic mass is 32.2. The fraction of sp³-hybridized carbons (Fsp3) is 0.167. The lowest BCUT2D eigenvalue weighted by atomic mass is 10.1. The number of hydrogen-bond donors (Lipinski definition) is 0. The SMILES string of the molecule is Cc1ccc(N2C(=O)/C(=C/c3cccc(C)n3)SC2=S)c(C)c1. The molecule has 0 N–H and O–H groups in total. The number of rotatable bonds is 2. The lowest BCUT2D eigenvalue weighted by Crippen LogP contribution is -2.28. The topological polar surface area (TPSA) is 33.2 Å². The van der Waals surface area contributed by atoms with Gasteiger partial charge in [-0.05, 0) is 50.6 Å². The number of hydrogen-bond acceptors (Lipinski definition) is 4. The van der Waals surface area contributed by atoms with E-state index in [4.69, 9.17) is 12.2 Å². The van der Waals surface area contributed by atoms with Gasteiger partial charge in [-0.25, -0.2) is 0 Å². The van der Waals surface area contributed by atoms with Gasteiger partial charge in [-0.3, -0.25) is 14.7 Å². The third kappa shape index (κ3) is 3.21. The molecule has 0 unspecified atom stereocenters. The summed E-state index contributed by atoms with van der Waals surface area (Å²) in [5.41, 5.74) is 4.74. The van der Waals surface area contributed by atoms with Gasteiger partial charge < -0.3 is 0 Å². The average molecular weight is 340 g/mol. The van der Waals surface area contributed by atoms with Crippen molar-refractivity contribution in [3.05, 3.63) is 63.8 Å². The zero-order valence-electron chi connectivity index (χ0n) is 13.2. The highest BCUT2D eigenvalue weighted by Gasteiger charge is 2.34. The van der Waals surface area contributed by atoms with Crippen LogP contribution in [0.3, 0.4) is 0 Å². The Labute approximate surface area is 145 Å². The van der Waals surface area contributed by atoms with Gasteiger partial charge in [0.05, 0.1) is 16.3 Å². The molecule has 1 aromatic carbocycles. The smallest absolute Gasteiger partial charge is 0.268 e. The molecule has 1 aliphatic heterocycles. The van der Waals surface area contributed by atoms with Crippen LogP contribution in [0, 0.1) is 20.8 Å². The minimum absolute atomic E-state index is 0.0877. The third-order valence-electron chi connectivity index (χ3n) is 3.58. The molecular formula is C18H16N2OS2. The van der Waals surface area contributed by atoms with E-state index in [1.54, 1.807) is 11.0 Å². The van der Waals surface area contributed by atoms with Crippen molar-refractivity contribution in [2.24, 2.45) is 0 Å². The van der Waals surface area contributed by atoms with Crippen LogP contribution in [0.4, 0.5) is 5.69 Å². The first-order valence-electron chi connectivity index (χ1n) is 7.24. The molecule has 116 valence electrons. The van der Waals surface area contributed by atoms with E-state index in [1.165, 1.54) is 11.8 Å². The van der Waals surface area contributed by atoms with Crippen LogP contribution in [0.1, 0.15) is 22.5 Å². The van der Waals surface area contributed by atoms with Gasteiger partial charge in [-0.2, -0.15) is 0 Å². The molecule has 2 heterocycles. The van der Waals surface area contributed by atoms with Gasteiger partial charge >= 0.3 is 0 Å². The first-order chi connectivity index (χ1) is 11.0. The second kappa shape index (κ2) is 6.26. The molecule has 1 saturated heterocycles. The fourth-order valence-corrected chi connectivity index (χ4v) is 3.78. The van der Waals surface area contributed by atoms with Crippen LogP contribution in [0.2, 0.25) is 0 Å². The minimum Gasteiger partial charge on any atom is -0.268 e. The molecule has 5 heteroatoms. The van der Waals surface area contributed by atoms with Crippen molar-refractivity contribution in [1.29, 1.82) is 0 Å². The molecular weight excluding hydrogens is 324 g/mol. The van der Waals surface area contributed by atoms with E-state index < -0.39 is 0 Å². The number of thiocarbonyl (C=S) groups is 1. The van der Waals surface area contributed by atoms with E-state index in [-0.39, 0.29) is 5.91 Å². The summed E-state index contributed by atoms with van der Waals surface area (Å²) < 4.78 is 0.556. The van der Waals surface area contributed by atoms with E-state index in [1.807, 2.05) is 51.1 Å². The molecule has 3 nitrogen and oxygen atoms in total. The van der Waals surface area contributed by atoms with Crippen LogP contribution in [0.15, 0.2) is 41.3 Å². The van der Waals surface area contributed by atoms with E-state index in [0.29, 0.717) is 9.23 Å². The van der Waals surface area contributed by atoms with E-state index >= 15 is 0 Å². The standard InChI is InChI=1S/C18H16N2OS2/c1-11-7-8-15(12(2)9-11)20-17(21)16(23-18(20)22)10-14-6-4-5-13(3)19-14/h4-10H,1-3H3/b16-10-. The summed E-state index contributed by atoms with van der Waals surface area (Å²) in [5.74, 6) is -0.0877. The summed E-state index contributed by atoms with van der Waals surface area (Å²) in [6.45, 7) is 5.95. The number of nitrogens with zero attached hydrogens (tertiary/aromatic N) is 2. The lowest BCUT2D eigenvalue weighted by Gasteiger charge is -2.17. The number of carbonyl (C=O) groups excluding carboxylic acids is 1. The summed E-state index contributed by atoms with van der Waals surface area (Å²) >= 11 is 6.74. The molecule has 23 heavy (non-hydrogen) atoms. The quantitative estimate of drug-likeness (QED) is 0.599. The second-order valence-corrected chi connectivity index (χ2v) is 7.19. The fourth-order valence-electron chi connectivity index (χ4n) is 2.51. The summed E-state index contributed by atoms with van der Waals surface area (Å²) in [4.78, 5) is 19.4. The Morgan fingerprint density at radius 3 is 2.65 bits per heavy atom. The van der Waals surface area contributed by atoms with Crippen molar-refractivity contribution in [3.63, 3.8) is 0 Å². The predicted octanol–water partition coefficient (Wildman–Crippen LogP) is 4.41. The Kier molecular flexibility index (Phi) is 4.33. The number of thioether (sulfide) groups is 1. The molecule has 2 aromatic rings. The predicted molar refractivity (Wildman–Crippen MR) is 101 cm³/mol. The van der Waals surface area contributed by atoms with Crippen LogP contribution in [0.5, 0.6) is 0 Å². The van der Waals surface area contributed by atoms with Gasteiger partial charge in [0, 0.05) is 5.69 Å². The van der Waals surface area contributed by atoms with Crippen LogP contribution in [0.25, 0.3) is 6.08 Å². The number of aryl methyl sites for hydroxylation is 3. The second-order valence-electron chi connectivity index (χ2n) is 5.51. The lowest BCUT2D eigenvalue weighted by molar-refractivity contribution is -0.113. The van der Waals surface area contributed by atoms with Gasteiger partial charge in [-0.15, -0.1) is 0 Å². The van der Waals surface area contributed by atoms with Crippen molar-refractivity contribution in [1.82, 2.24) is 4.98 Å². The van der Waals surface area contributed by atoms with Gasteiger partial charge in [0.25, 0.3) is 5.91 Å². The Morgan fingerprint density at radius 2 is 1.96 bits per heavy atom. The van der Waals surface area contributed by atoms with E-state index in [2.05, 4.69) is 11.1 Å². The molecule has 3 rings (SSSR count). The van der Waals surface area contributed by atoms with Crippen LogP contribution < -0.4 is 4.90 Å². The van der Waals surface area contributed by atoms with Gasteiger partial charge in [-0.1, -0.05) is 47.7 Å². The summed E-state index contributed by atoms with van der Waals surface area (Å²) in [7, 11) is 0. The summed E-state index contributed by atoms with van der Waals surface area (Å²) in [5, 5.41) is 0. The van der Waals surface area contributed by atoms with Crippen molar-refractivity contribution >= 4 is 46.0 Å². The van der Waals surface area contributed by atoms with Crippen LogP contribution >= 0.6 is 24.0 Å². The molecule has 1 fully saturated rings. The maximum atomic E-state index is 12.8. The van der Waals surface area contributed by atoms with Crippen molar-refractivity contribution < 1.29 is 4.79 Å². The molecule has 1 aromatic heterocycles. The van der Waals surface area contributed by atoms with Crippen molar-refractivity contribution in [3.8, 4) is 0 Å². The maximum absolute atomic E-state index is 12.8. The van der Waals surface area contributed by atoms with Gasteiger partial charge in [0.1, 0.15) is 0 Å². The Balaban J connectivity index is 1.97. The molecule has 0 bridgehead atoms. The number of carbonyl (C=O) groups is 1.